The number of nitro benzene ring substituents is 1. The van der Waals surface area contributed by atoms with Gasteiger partial charge in [-0.1, -0.05) is 0 Å². The van der Waals surface area contributed by atoms with Crippen molar-refractivity contribution in [2.24, 2.45) is 5.10 Å². The Bertz CT molecular complexity index is 646. The molecule has 13 heteroatoms. The summed E-state index contributed by atoms with van der Waals surface area (Å²) < 4.78 is 91.3. The van der Waals surface area contributed by atoms with Crippen molar-refractivity contribution in [3.8, 4) is 5.75 Å². The fourth-order valence-electron chi connectivity index (χ4n) is 1.37. The topological polar surface area (TPSA) is 76.8 Å². The second-order valence-corrected chi connectivity index (χ2v) is 4.20. The van der Waals surface area contributed by atoms with Gasteiger partial charge in [0.1, 0.15) is 0 Å². The largest absolute Gasteiger partial charge is 0.490 e. The zero-order chi connectivity index (χ0) is 18.8. The Morgan fingerprint density at radius 1 is 1.21 bits per heavy atom. The molecule has 0 atom stereocenters. The first-order chi connectivity index (χ1) is 10.8. The normalized spacial score (nSPS) is 13.2. The zero-order valence-corrected chi connectivity index (χ0v) is 11.6. The number of benzene rings is 1. The highest BCUT2D eigenvalue weighted by Crippen LogP contribution is 2.45. The van der Waals surface area contributed by atoms with Crippen molar-refractivity contribution in [1.82, 2.24) is 5.43 Å². The molecule has 0 aliphatic heterocycles. The fraction of sp³-hybridized carbons (Fsp3) is 0.364. The van der Waals surface area contributed by atoms with Crippen LogP contribution in [0.4, 0.5) is 36.4 Å². The third-order valence-electron chi connectivity index (χ3n) is 2.57. The summed E-state index contributed by atoms with van der Waals surface area (Å²) in [5.74, 6) is -6.55. The van der Waals surface area contributed by atoms with Crippen molar-refractivity contribution in [2.45, 2.75) is 18.1 Å². The Morgan fingerprint density at radius 3 is 2.25 bits per heavy atom. The van der Waals surface area contributed by atoms with Gasteiger partial charge < -0.3 is 4.74 Å². The monoisotopic (exact) mass is 363 g/mol. The predicted octanol–water partition coefficient (Wildman–Crippen LogP) is 3.32. The van der Waals surface area contributed by atoms with E-state index < -0.39 is 28.8 Å². The molecule has 0 aromatic heterocycles. The standard InChI is InChI=1S/C11H8F7N3O3/c1-24-8-3-2-6(4-7(8)21(22)23)5-19-20-11(17,18)9(12,13)10(14,15)16/h2-5,20H,1H3/b19-5+. The highest BCUT2D eigenvalue weighted by molar-refractivity contribution is 5.81. The van der Waals surface area contributed by atoms with Crippen molar-refractivity contribution in [3.05, 3.63) is 33.9 Å². The van der Waals surface area contributed by atoms with Crippen LogP contribution < -0.4 is 10.2 Å². The molecular formula is C11H8F7N3O3. The first kappa shape index (κ1) is 19.4. The first-order valence-electron chi connectivity index (χ1n) is 5.78. The molecule has 134 valence electrons. The lowest BCUT2D eigenvalue weighted by atomic mass is 10.2. The van der Waals surface area contributed by atoms with E-state index >= 15 is 0 Å². The quantitative estimate of drug-likeness (QED) is 0.277. The maximum Gasteiger partial charge on any atom is 0.462 e. The van der Waals surface area contributed by atoms with Crippen molar-refractivity contribution in [3.63, 3.8) is 0 Å². The van der Waals surface area contributed by atoms with Gasteiger partial charge in [-0.2, -0.15) is 35.8 Å². The maximum atomic E-state index is 12.9. The highest BCUT2D eigenvalue weighted by atomic mass is 19.4. The van der Waals surface area contributed by atoms with E-state index in [1.54, 1.807) is 0 Å². The van der Waals surface area contributed by atoms with Crippen LogP contribution in [0, 0.1) is 10.1 Å². The Labute approximate surface area is 129 Å². The number of hydrazone groups is 1. The number of nitrogens with zero attached hydrogens (tertiary/aromatic N) is 2. The summed E-state index contributed by atoms with van der Waals surface area (Å²) in [6, 6.07) is -2.79. The number of hydrogen-bond donors (Lipinski definition) is 1. The van der Waals surface area contributed by atoms with Gasteiger partial charge in [0, 0.05) is 11.6 Å². The minimum atomic E-state index is -6.50. The Balaban J connectivity index is 2.99. The number of rotatable bonds is 6. The van der Waals surface area contributed by atoms with Gasteiger partial charge in [-0.05, 0) is 12.1 Å². The molecule has 1 aromatic rings. The Kier molecular flexibility index (Phi) is 5.26. The molecule has 0 heterocycles. The summed E-state index contributed by atoms with van der Waals surface area (Å²) >= 11 is 0. The van der Waals surface area contributed by atoms with E-state index in [0.29, 0.717) is 11.6 Å². The Hall–Kier alpha value is -2.60. The molecule has 0 saturated carbocycles. The molecule has 6 nitrogen and oxygen atoms in total. The van der Waals surface area contributed by atoms with Crippen molar-refractivity contribution in [1.29, 1.82) is 0 Å². The number of nitro groups is 1. The highest BCUT2D eigenvalue weighted by Gasteiger charge is 2.73. The van der Waals surface area contributed by atoms with E-state index in [1.807, 2.05) is 0 Å². The first-order valence-corrected chi connectivity index (χ1v) is 5.78. The molecule has 0 radical (unpaired) electrons. The molecule has 0 aliphatic carbocycles. The van der Waals surface area contributed by atoms with Crippen LogP contribution in [-0.2, 0) is 0 Å². The number of methoxy groups -OCH3 is 1. The van der Waals surface area contributed by atoms with E-state index in [9.17, 15) is 40.8 Å². The van der Waals surface area contributed by atoms with Crippen molar-refractivity contribution < 1.29 is 40.4 Å². The van der Waals surface area contributed by atoms with E-state index in [1.165, 1.54) is 0 Å². The summed E-state index contributed by atoms with van der Waals surface area (Å²) in [6.45, 7) is 0. The van der Waals surface area contributed by atoms with Gasteiger partial charge in [0.25, 0.3) is 0 Å². The van der Waals surface area contributed by atoms with Crippen LogP contribution in [0.3, 0.4) is 0 Å². The van der Waals surface area contributed by atoms with Gasteiger partial charge in [-0.3, -0.25) is 10.1 Å². The SMILES string of the molecule is COc1ccc(/C=N/NC(F)(F)C(F)(F)C(F)(F)F)cc1[N+](=O)[O-]. The number of alkyl halides is 7. The number of ether oxygens (including phenoxy) is 1. The average molecular weight is 363 g/mol. The van der Waals surface area contributed by atoms with Gasteiger partial charge >= 0.3 is 23.8 Å². The molecule has 1 aromatic carbocycles. The van der Waals surface area contributed by atoms with Gasteiger partial charge in [-0.15, -0.1) is 0 Å². The molecule has 0 bridgehead atoms. The third-order valence-corrected chi connectivity index (χ3v) is 2.57. The van der Waals surface area contributed by atoms with Crippen LogP contribution in [-0.4, -0.2) is 36.4 Å². The van der Waals surface area contributed by atoms with Gasteiger partial charge in [0.05, 0.1) is 18.2 Å². The average Bonchev–Trinajstić information content (AvgIpc) is 2.45. The van der Waals surface area contributed by atoms with Crippen LogP contribution in [0.15, 0.2) is 23.3 Å². The number of hydrogen-bond acceptors (Lipinski definition) is 5. The lowest BCUT2D eigenvalue weighted by molar-refractivity contribution is -0.385. The van der Waals surface area contributed by atoms with E-state index in [2.05, 4.69) is 9.84 Å². The summed E-state index contributed by atoms with van der Waals surface area (Å²) in [7, 11) is 1.12. The van der Waals surface area contributed by atoms with Gasteiger partial charge in [0.2, 0.25) is 0 Å². The second-order valence-electron chi connectivity index (χ2n) is 4.20. The molecule has 0 spiro atoms. The molecule has 0 saturated heterocycles. The fourth-order valence-corrected chi connectivity index (χ4v) is 1.37. The lowest BCUT2D eigenvalue weighted by Crippen LogP contribution is -2.58. The lowest BCUT2D eigenvalue weighted by Gasteiger charge is -2.27. The molecule has 0 unspecified atom stereocenters. The van der Waals surface area contributed by atoms with Crippen LogP contribution in [0.5, 0.6) is 5.75 Å². The van der Waals surface area contributed by atoms with Crippen LogP contribution in [0.2, 0.25) is 0 Å². The van der Waals surface area contributed by atoms with Crippen LogP contribution in [0.25, 0.3) is 0 Å². The summed E-state index contributed by atoms with van der Waals surface area (Å²) in [5.41, 5.74) is -0.414. The molecule has 24 heavy (non-hydrogen) atoms. The second kappa shape index (κ2) is 6.49. The Morgan fingerprint density at radius 2 is 1.79 bits per heavy atom. The number of nitrogens with one attached hydrogen (secondary N) is 1. The van der Waals surface area contributed by atoms with Crippen LogP contribution in [0.1, 0.15) is 5.56 Å². The van der Waals surface area contributed by atoms with Crippen LogP contribution >= 0.6 is 0 Å². The summed E-state index contributed by atoms with van der Waals surface area (Å²) in [6.07, 6.45) is -6.09. The van der Waals surface area contributed by atoms with E-state index in [4.69, 9.17) is 0 Å². The van der Waals surface area contributed by atoms with Crippen molar-refractivity contribution >= 4 is 11.9 Å². The third kappa shape index (κ3) is 3.83. The molecule has 1 N–H and O–H groups in total. The van der Waals surface area contributed by atoms with E-state index in [0.717, 1.165) is 25.3 Å². The molecule has 0 amide bonds. The van der Waals surface area contributed by atoms with Gasteiger partial charge in [0.15, 0.2) is 5.75 Å². The summed E-state index contributed by atoms with van der Waals surface area (Å²) in [5, 5.41) is 13.3. The van der Waals surface area contributed by atoms with Gasteiger partial charge in [-0.25, -0.2) is 5.43 Å². The molecule has 1 rings (SSSR count). The molecule has 0 fully saturated rings. The van der Waals surface area contributed by atoms with Crippen molar-refractivity contribution in [2.75, 3.05) is 7.11 Å². The van der Waals surface area contributed by atoms with E-state index in [-0.39, 0.29) is 11.3 Å². The molecule has 0 aliphatic rings. The zero-order valence-electron chi connectivity index (χ0n) is 11.6. The summed E-state index contributed by atoms with van der Waals surface area (Å²) in [4.78, 5) is 9.85. The minimum Gasteiger partial charge on any atom is -0.490 e. The maximum absolute atomic E-state index is 12.9. The minimum absolute atomic E-state index is 0.181. The molecular weight excluding hydrogens is 355 g/mol. The smallest absolute Gasteiger partial charge is 0.462 e. The number of halogens is 7. The predicted molar refractivity (Wildman–Crippen MR) is 66.3 cm³/mol.